The molecule has 0 spiro atoms. The van der Waals surface area contributed by atoms with Crippen molar-refractivity contribution >= 4 is 18.2 Å². The van der Waals surface area contributed by atoms with E-state index in [9.17, 15) is 14.4 Å². The molecule has 5 atom stereocenters. The molecule has 5 unspecified atom stereocenters. The predicted molar refractivity (Wildman–Crippen MR) is 144 cm³/mol. The molecular weight excluding hydrogens is 470 g/mol. The molecule has 1 aromatic carbocycles. The highest BCUT2D eigenvalue weighted by Crippen LogP contribution is 2.27. The number of methoxy groups -OCH3 is 1. The Labute approximate surface area is 223 Å². The van der Waals surface area contributed by atoms with E-state index in [4.69, 9.17) is 14.2 Å². The topological polar surface area (TPSA) is 82.1 Å². The van der Waals surface area contributed by atoms with Crippen LogP contribution in [0.25, 0.3) is 0 Å². The van der Waals surface area contributed by atoms with Crippen molar-refractivity contribution < 1.29 is 28.6 Å². The summed E-state index contributed by atoms with van der Waals surface area (Å²) in [5.41, 5.74) is 1.35. The number of carbonyl (C=O) groups excluding carboxylic acids is 3. The molecule has 0 amide bonds. The van der Waals surface area contributed by atoms with Crippen LogP contribution in [-0.4, -0.2) is 68.2 Å². The number of ether oxygens (including phenoxy) is 3. The highest BCUT2D eigenvalue weighted by Gasteiger charge is 2.31. The average Bonchev–Trinajstić information content (AvgIpc) is 2.88. The quantitative estimate of drug-likeness (QED) is 0.337. The minimum atomic E-state index is -0.735. The third-order valence-electron chi connectivity index (χ3n) is 7.29. The summed E-state index contributed by atoms with van der Waals surface area (Å²) in [6.45, 7) is 8.68. The van der Waals surface area contributed by atoms with Crippen molar-refractivity contribution in [2.45, 2.75) is 96.9 Å². The first-order chi connectivity index (χ1) is 17.8. The third-order valence-corrected chi connectivity index (χ3v) is 7.29. The zero-order chi connectivity index (χ0) is 27.0. The van der Waals surface area contributed by atoms with Crippen LogP contribution in [0.15, 0.2) is 30.3 Å². The molecule has 0 bridgehead atoms. The molecule has 1 aliphatic rings. The lowest BCUT2D eigenvalue weighted by atomic mass is 9.86. The number of esters is 2. The summed E-state index contributed by atoms with van der Waals surface area (Å²) in [6.07, 6.45) is 5.39. The van der Waals surface area contributed by atoms with E-state index in [-0.39, 0.29) is 30.8 Å². The fourth-order valence-electron chi connectivity index (χ4n) is 5.09. The summed E-state index contributed by atoms with van der Waals surface area (Å²) >= 11 is 0. The fraction of sp³-hybridized carbons (Fsp3) is 0.700. The summed E-state index contributed by atoms with van der Waals surface area (Å²) in [7, 11) is 1.56. The Morgan fingerprint density at radius 3 is 2.51 bits per heavy atom. The number of aldehydes is 1. The summed E-state index contributed by atoms with van der Waals surface area (Å²) in [5, 5.41) is 0. The van der Waals surface area contributed by atoms with Gasteiger partial charge in [-0.15, -0.1) is 0 Å². The number of rotatable bonds is 9. The van der Waals surface area contributed by atoms with Gasteiger partial charge in [-0.2, -0.15) is 0 Å². The Morgan fingerprint density at radius 2 is 1.84 bits per heavy atom. The summed E-state index contributed by atoms with van der Waals surface area (Å²) in [6, 6.07) is 10.5. The molecule has 1 saturated heterocycles. The van der Waals surface area contributed by atoms with E-state index in [0.29, 0.717) is 18.8 Å². The molecule has 37 heavy (non-hydrogen) atoms. The van der Waals surface area contributed by atoms with Gasteiger partial charge in [-0.1, -0.05) is 44.2 Å². The van der Waals surface area contributed by atoms with Gasteiger partial charge in [0.05, 0.1) is 12.5 Å². The van der Waals surface area contributed by atoms with Crippen molar-refractivity contribution in [1.82, 2.24) is 4.90 Å². The molecule has 7 nitrogen and oxygen atoms in total. The van der Waals surface area contributed by atoms with Gasteiger partial charge >= 0.3 is 11.9 Å². The van der Waals surface area contributed by atoms with Gasteiger partial charge < -0.3 is 23.9 Å². The molecular formula is C30H47NO6. The van der Waals surface area contributed by atoms with Crippen LogP contribution < -0.4 is 0 Å². The lowest BCUT2D eigenvalue weighted by Gasteiger charge is -2.29. The van der Waals surface area contributed by atoms with Crippen LogP contribution in [-0.2, 0) is 35.0 Å². The molecule has 1 heterocycles. The molecule has 7 heteroatoms. The van der Waals surface area contributed by atoms with Crippen molar-refractivity contribution in [2.75, 3.05) is 26.7 Å². The standard InChI is InChI=1S/C30H47NO6/c1-5-29(33)37-28-22-30(34)36-24(3)14-18-31(16-9-12-25-10-7-6-8-11-25)17-13-23(2)20-26(15-19-32)21-27(28)35-4/h6-8,10-11,19,23-24,26-28H,5,9,12-18,20-22H2,1-4H3. The van der Waals surface area contributed by atoms with Crippen molar-refractivity contribution in [1.29, 1.82) is 0 Å². The third kappa shape index (κ3) is 12.2. The predicted octanol–water partition coefficient (Wildman–Crippen LogP) is 5.00. The van der Waals surface area contributed by atoms with Gasteiger partial charge in [0.25, 0.3) is 0 Å². The number of aryl methyl sites for hydroxylation is 1. The van der Waals surface area contributed by atoms with Gasteiger partial charge in [-0.3, -0.25) is 9.59 Å². The number of hydrogen-bond acceptors (Lipinski definition) is 7. The van der Waals surface area contributed by atoms with Gasteiger partial charge in [0.15, 0.2) is 0 Å². The molecule has 0 aromatic heterocycles. The van der Waals surface area contributed by atoms with Crippen molar-refractivity contribution in [3.8, 4) is 0 Å². The Morgan fingerprint density at radius 1 is 1.11 bits per heavy atom. The molecule has 0 aliphatic carbocycles. The van der Waals surface area contributed by atoms with E-state index >= 15 is 0 Å². The monoisotopic (exact) mass is 517 g/mol. The van der Waals surface area contributed by atoms with E-state index in [2.05, 4.69) is 36.1 Å². The lowest BCUT2D eigenvalue weighted by molar-refractivity contribution is -0.165. The van der Waals surface area contributed by atoms with E-state index in [1.165, 1.54) is 5.56 Å². The van der Waals surface area contributed by atoms with E-state index in [1.807, 2.05) is 13.0 Å². The van der Waals surface area contributed by atoms with Crippen LogP contribution >= 0.6 is 0 Å². The SMILES string of the molecule is CCC(=O)OC1CC(=O)OC(C)CCN(CCCc2ccccc2)CCC(C)CC(CC=O)CC1OC. The van der Waals surface area contributed by atoms with Crippen LogP contribution in [0.5, 0.6) is 0 Å². The second-order valence-corrected chi connectivity index (χ2v) is 10.5. The van der Waals surface area contributed by atoms with Crippen molar-refractivity contribution in [3.05, 3.63) is 35.9 Å². The maximum atomic E-state index is 12.8. The van der Waals surface area contributed by atoms with E-state index in [0.717, 1.165) is 58.0 Å². The zero-order valence-corrected chi connectivity index (χ0v) is 23.2. The number of carbonyl (C=O) groups is 3. The van der Waals surface area contributed by atoms with Crippen LogP contribution in [0.3, 0.4) is 0 Å². The minimum absolute atomic E-state index is 0.0568. The van der Waals surface area contributed by atoms with Gasteiger partial charge in [-0.05, 0) is 75.9 Å². The second kappa shape index (κ2) is 17.3. The first-order valence-electron chi connectivity index (χ1n) is 14.0. The maximum Gasteiger partial charge on any atom is 0.309 e. The Bertz CT molecular complexity index is 801. The molecule has 0 N–H and O–H groups in total. The Hall–Kier alpha value is -2.25. The molecule has 1 aliphatic heterocycles. The number of hydrogen-bond donors (Lipinski definition) is 0. The maximum absolute atomic E-state index is 12.8. The highest BCUT2D eigenvalue weighted by atomic mass is 16.6. The second-order valence-electron chi connectivity index (χ2n) is 10.5. The van der Waals surface area contributed by atoms with Crippen LogP contribution in [0, 0.1) is 11.8 Å². The normalized spacial score (nSPS) is 26.9. The molecule has 1 fully saturated rings. The van der Waals surface area contributed by atoms with Crippen LogP contribution in [0.4, 0.5) is 0 Å². The van der Waals surface area contributed by atoms with Crippen LogP contribution in [0.2, 0.25) is 0 Å². The summed E-state index contributed by atoms with van der Waals surface area (Å²) in [5.74, 6) is -0.255. The van der Waals surface area contributed by atoms with E-state index in [1.54, 1.807) is 14.0 Å². The van der Waals surface area contributed by atoms with Gasteiger partial charge in [0, 0.05) is 26.5 Å². The molecule has 0 saturated carbocycles. The molecule has 208 valence electrons. The van der Waals surface area contributed by atoms with E-state index < -0.39 is 18.2 Å². The zero-order valence-electron chi connectivity index (χ0n) is 23.2. The summed E-state index contributed by atoms with van der Waals surface area (Å²) in [4.78, 5) is 38.9. The molecule has 1 aromatic rings. The van der Waals surface area contributed by atoms with Gasteiger partial charge in [-0.25, -0.2) is 0 Å². The highest BCUT2D eigenvalue weighted by molar-refractivity contribution is 5.72. The number of nitrogens with zero attached hydrogens (tertiary/aromatic N) is 1. The molecule has 2 rings (SSSR count). The smallest absolute Gasteiger partial charge is 0.309 e. The Kier molecular flexibility index (Phi) is 14.5. The van der Waals surface area contributed by atoms with Crippen molar-refractivity contribution in [3.63, 3.8) is 0 Å². The fourth-order valence-corrected chi connectivity index (χ4v) is 5.09. The van der Waals surface area contributed by atoms with Gasteiger partial charge in [0.2, 0.25) is 0 Å². The van der Waals surface area contributed by atoms with Crippen molar-refractivity contribution in [2.24, 2.45) is 11.8 Å². The average molecular weight is 518 g/mol. The summed E-state index contributed by atoms with van der Waals surface area (Å²) < 4.78 is 17.0. The Balaban J connectivity index is 2.12. The lowest BCUT2D eigenvalue weighted by Crippen LogP contribution is -2.37. The molecule has 0 radical (unpaired) electrons. The largest absolute Gasteiger partial charge is 0.463 e. The first-order valence-corrected chi connectivity index (χ1v) is 14.0. The number of benzene rings is 1. The van der Waals surface area contributed by atoms with Crippen LogP contribution in [0.1, 0.15) is 77.7 Å². The first kappa shape index (κ1) is 31.0. The van der Waals surface area contributed by atoms with Gasteiger partial charge in [0.1, 0.15) is 18.5 Å². The number of cyclic esters (lactones) is 1. The minimum Gasteiger partial charge on any atom is -0.463 e.